The molecule has 1 aliphatic heterocycles. The molecular formula is C18H15F3N2O4. The first-order valence-electron chi connectivity index (χ1n) is 7.96. The summed E-state index contributed by atoms with van der Waals surface area (Å²) < 4.78 is 48.9. The first-order chi connectivity index (χ1) is 12.8. The number of hydrogen-bond acceptors (Lipinski definition) is 4. The number of para-hydroxylation sites is 2. The molecule has 0 unspecified atom stereocenters. The lowest BCUT2D eigenvalue weighted by Gasteiger charge is -2.25. The lowest BCUT2D eigenvalue weighted by atomic mass is 10.1. The van der Waals surface area contributed by atoms with Gasteiger partial charge in [0.05, 0.1) is 12.0 Å². The van der Waals surface area contributed by atoms with Crippen LogP contribution in [0.25, 0.3) is 0 Å². The number of halogens is 3. The molecule has 0 saturated heterocycles. The highest BCUT2D eigenvalue weighted by Crippen LogP contribution is 2.31. The van der Waals surface area contributed by atoms with Crippen LogP contribution in [0.15, 0.2) is 48.5 Å². The van der Waals surface area contributed by atoms with E-state index in [2.05, 4.69) is 10.9 Å². The Balaban J connectivity index is 1.52. The molecule has 0 aliphatic carbocycles. The number of carbonyl (C=O) groups excluding carboxylic acids is 2. The number of hydrogen-bond donors (Lipinski definition) is 2. The number of hydrazine groups is 1. The van der Waals surface area contributed by atoms with Crippen LogP contribution in [0.5, 0.6) is 11.5 Å². The van der Waals surface area contributed by atoms with Crippen LogP contribution < -0.4 is 20.3 Å². The van der Waals surface area contributed by atoms with E-state index in [9.17, 15) is 22.8 Å². The molecule has 0 bridgehead atoms. The number of alkyl halides is 3. The quantitative estimate of drug-likeness (QED) is 0.801. The molecule has 2 N–H and O–H groups in total. The van der Waals surface area contributed by atoms with Crippen LogP contribution >= 0.6 is 0 Å². The Morgan fingerprint density at radius 3 is 2.52 bits per heavy atom. The van der Waals surface area contributed by atoms with Crippen LogP contribution in [-0.4, -0.2) is 24.5 Å². The topological polar surface area (TPSA) is 76.7 Å². The minimum Gasteiger partial charge on any atom is -0.485 e. The van der Waals surface area contributed by atoms with E-state index in [1.807, 2.05) is 0 Å². The Hall–Kier alpha value is -3.23. The summed E-state index contributed by atoms with van der Waals surface area (Å²) in [5.74, 6) is -0.393. The number of fused-ring (bicyclic) bond motifs is 1. The average Bonchev–Trinajstić information content (AvgIpc) is 2.65. The van der Waals surface area contributed by atoms with Crippen LogP contribution in [0, 0.1) is 0 Å². The molecule has 0 fully saturated rings. The summed E-state index contributed by atoms with van der Waals surface area (Å²) in [5.41, 5.74) is 3.66. The highest BCUT2D eigenvalue weighted by molar-refractivity contribution is 5.86. The van der Waals surface area contributed by atoms with Crippen molar-refractivity contribution in [2.24, 2.45) is 0 Å². The predicted octanol–water partition coefficient (Wildman–Crippen LogP) is 2.24. The fourth-order valence-corrected chi connectivity index (χ4v) is 2.45. The second kappa shape index (κ2) is 7.56. The van der Waals surface area contributed by atoms with Crippen LogP contribution in [0.1, 0.15) is 11.1 Å². The number of amides is 2. The zero-order valence-electron chi connectivity index (χ0n) is 13.9. The number of ether oxygens (including phenoxy) is 2. The van der Waals surface area contributed by atoms with Crippen molar-refractivity contribution in [1.82, 2.24) is 10.9 Å². The van der Waals surface area contributed by atoms with Gasteiger partial charge in [-0.1, -0.05) is 30.3 Å². The molecule has 0 aromatic heterocycles. The molecule has 2 aromatic rings. The van der Waals surface area contributed by atoms with Crippen molar-refractivity contribution in [2.45, 2.75) is 18.7 Å². The summed E-state index contributed by atoms with van der Waals surface area (Å²) in [6, 6.07) is 11.2. The molecule has 2 aromatic carbocycles. The van der Waals surface area contributed by atoms with E-state index in [0.29, 0.717) is 11.5 Å². The maximum atomic E-state index is 12.7. The lowest BCUT2D eigenvalue weighted by molar-refractivity contribution is -0.137. The van der Waals surface area contributed by atoms with Gasteiger partial charge in [-0.3, -0.25) is 20.4 Å². The predicted molar refractivity (Wildman–Crippen MR) is 87.8 cm³/mol. The van der Waals surface area contributed by atoms with Crippen molar-refractivity contribution in [2.75, 3.05) is 6.61 Å². The Labute approximate surface area is 152 Å². The Morgan fingerprint density at radius 2 is 1.78 bits per heavy atom. The van der Waals surface area contributed by atoms with Gasteiger partial charge < -0.3 is 9.47 Å². The molecule has 3 rings (SSSR count). The summed E-state index contributed by atoms with van der Waals surface area (Å²) in [6.45, 7) is -0.0354. The van der Waals surface area contributed by atoms with E-state index < -0.39 is 29.7 Å². The maximum Gasteiger partial charge on any atom is 0.416 e. The standard InChI is InChI=1S/C18H15F3N2O4/c19-18(20,21)12-5-3-4-11(8-12)9-16(24)22-23-17(25)15-10-26-13-6-1-2-7-14(13)27-15/h1-8,15H,9-10H2,(H,22,24)(H,23,25)/t15-/m0/s1. The van der Waals surface area contributed by atoms with Gasteiger partial charge in [0.2, 0.25) is 12.0 Å². The highest BCUT2D eigenvalue weighted by Gasteiger charge is 2.30. The van der Waals surface area contributed by atoms with Crippen molar-refractivity contribution in [3.8, 4) is 11.5 Å². The summed E-state index contributed by atoms with van der Waals surface area (Å²) in [5, 5.41) is 0. The van der Waals surface area contributed by atoms with Crippen LogP contribution in [-0.2, 0) is 22.2 Å². The molecular weight excluding hydrogens is 365 g/mol. The Kier molecular flexibility index (Phi) is 5.20. The second-order valence-electron chi connectivity index (χ2n) is 5.78. The minimum absolute atomic E-state index is 0.0354. The normalized spacial score (nSPS) is 15.7. The summed E-state index contributed by atoms with van der Waals surface area (Å²) in [7, 11) is 0. The van der Waals surface area contributed by atoms with Gasteiger partial charge in [-0.05, 0) is 23.8 Å². The van der Waals surface area contributed by atoms with Crippen LogP contribution in [0.3, 0.4) is 0 Å². The van der Waals surface area contributed by atoms with Crippen LogP contribution in [0.4, 0.5) is 13.2 Å². The zero-order chi connectivity index (χ0) is 19.4. The van der Waals surface area contributed by atoms with Crippen molar-refractivity contribution in [3.05, 3.63) is 59.7 Å². The van der Waals surface area contributed by atoms with Crippen molar-refractivity contribution >= 4 is 11.8 Å². The van der Waals surface area contributed by atoms with Crippen molar-refractivity contribution < 1.29 is 32.2 Å². The zero-order valence-corrected chi connectivity index (χ0v) is 13.9. The number of benzene rings is 2. The second-order valence-corrected chi connectivity index (χ2v) is 5.78. The number of carbonyl (C=O) groups is 2. The van der Waals surface area contributed by atoms with E-state index in [1.54, 1.807) is 24.3 Å². The molecule has 1 atom stereocenters. The third kappa shape index (κ3) is 4.69. The van der Waals surface area contributed by atoms with Gasteiger partial charge in [-0.25, -0.2) is 0 Å². The van der Waals surface area contributed by atoms with Gasteiger partial charge in [-0.15, -0.1) is 0 Å². The third-order valence-electron chi connectivity index (χ3n) is 3.75. The SMILES string of the molecule is O=C(Cc1cccc(C(F)(F)F)c1)NNC(=O)[C@@H]1COc2ccccc2O1. The first kappa shape index (κ1) is 18.6. The van der Waals surface area contributed by atoms with Crippen molar-refractivity contribution in [1.29, 1.82) is 0 Å². The van der Waals surface area contributed by atoms with E-state index in [1.165, 1.54) is 12.1 Å². The van der Waals surface area contributed by atoms with Gasteiger partial charge in [0.25, 0.3) is 5.91 Å². The van der Waals surface area contributed by atoms with E-state index in [-0.39, 0.29) is 18.6 Å². The number of rotatable bonds is 3. The molecule has 9 heteroatoms. The molecule has 142 valence electrons. The Bertz CT molecular complexity index is 854. The molecule has 1 aliphatic rings. The fourth-order valence-electron chi connectivity index (χ4n) is 2.45. The van der Waals surface area contributed by atoms with Gasteiger partial charge in [0.15, 0.2) is 11.5 Å². The number of nitrogens with one attached hydrogen (secondary N) is 2. The van der Waals surface area contributed by atoms with Gasteiger partial charge in [0.1, 0.15) is 6.61 Å². The van der Waals surface area contributed by atoms with E-state index in [0.717, 1.165) is 12.1 Å². The molecule has 0 spiro atoms. The lowest BCUT2D eigenvalue weighted by Crippen LogP contribution is -2.51. The third-order valence-corrected chi connectivity index (χ3v) is 3.75. The van der Waals surface area contributed by atoms with Gasteiger partial charge >= 0.3 is 6.18 Å². The first-order valence-corrected chi connectivity index (χ1v) is 7.96. The summed E-state index contributed by atoms with van der Waals surface area (Å²) >= 11 is 0. The Morgan fingerprint density at radius 1 is 1.04 bits per heavy atom. The molecule has 1 heterocycles. The molecule has 2 amide bonds. The van der Waals surface area contributed by atoms with Crippen molar-refractivity contribution in [3.63, 3.8) is 0 Å². The van der Waals surface area contributed by atoms with Gasteiger partial charge in [-0.2, -0.15) is 13.2 Å². The van der Waals surface area contributed by atoms with E-state index in [4.69, 9.17) is 9.47 Å². The molecule has 0 saturated carbocycles. The summed E-state index contributed by atoms with van der Waals surface area (Å²) in [4.78, 5) is 24.0. The van der Waals surface area contributed by atoms with Crippen LogP contribution in [0.2, 0.25) is 0 Å². The van der Waals surface area contributed by atoms with E-state index >= 15 is 0 Å². The molecule has 0 radical (unpaired) electrons. The molecule has 27 heavy (non-hydrogen) atoms. The highest BCUT2D eigenvalue weighted by atomic mass is 19.4. The van der Waals surface area contributed by atoms with Gasteiger partial charge in [0, 0.05) is 0 Å². The monoisotopic (exact) mass is 380 g/mol. The smallest absolute Gasteiger partial charge is 0.416 e. The largest absolute Gasteiger partial charge is 0.485 e. The maximum absolute atomic E-state index is 12.7. The fraction of sp³-hybridized carbons (Fsp3) is 0.222. The molecule has 6 nitrogen and oxygen atoms in total. The minimum atomic E-state index is -4.49. The summed E-state index contributed by atoms with van der Waals surface area (Å²) in [6.07, 6.45) is -5.78. The average molecular weight is 380 g/mol.